The lowest BCUT2D eigenvalue weighted by atomic mass is 10.3. The summed E-state index contributed by atoms with van der Waals surface area (Å²) in [5.41, 5.74) is 1.27. The van der Waals surface area contributed by atoms with Crippen LogP contribution in [0.3, 0.4) is 0 Å². The van der Waals surface area contributed by atoms with E-state index in [4.69, 9.17) is 0 Å². The molecule has 0 saturated carbocycles. The smallest absolute Gasteiger partial charge is 0.0401 e. The third-order valence-corrected chi connectivity index (χ3v) is 0.951. The molecule has 44 valence electrons. The van der Waals surface area contributed by atoms with Gasteiger partial charge in [0.25, 0.3) is 0 Å². The van der Waals surface area contributed by atoms with E-state index in [0.29, 0.717) is 0 Å². The maximum absolute atomic E-state index is 3.55. The van der Waals surface area contributed by atoms with Crippen LogP contribution in [0.15, 0.2) is 36.5 Å². The van der Waals surface area contributed by atoms with E-state index in [-0.39, 0.29) is 0 Å². The summed E-state index contributed by atoms with van der Waals surface area (Å²) >= 11 is 0. The molecule has 0 amide bonds. The van der Waals surface area contributed by atoms with Crippen LogP contribution in [0.2, 0.25) is 0 Å². The Kier molecular flexibility index (Phi) is 3.95. The van der Waals surface area contributed by atoms with Crippen molar-refractivity contribution in [2.75, 3.05) is 0 Å². The van der Waals surface area contributed by atoms with Gasteiger partial charge in [-0.3, -0.25) is 0 Å². The van der Waals surface area contributed by atoms with Crippen molar-refractivity contribution in [2.45, 2.75) is 13.8 Å². The molecule has 0 fully saturated rings. The summed E-state index contributed by atoms with van der Waals surface area (Å²) in [4.78, 5) is 0. The highest BCUT2D eigenvalue weighted by Gasteiger charge is 1.70. The van der Waals surface area contributed by atoms with E-state index in [1.165, 1.54) is 5.57 Å². The van der Waals surface area contributed by atoms with E-state index >= 15 is 0 Å². The summed E-state index contributed by atoms with van der Waals surface area (Å²) in [7, 11) is 0. The summed E-state index contributed by atoms with van der Waals surface area (Å²) in [5.74, 6) is 0. The van der Waals surface area contributed by atoms with Crippen LogP contribution in [0.4, 0.5) is 0 Å². The van der Waals surface area contributed by atoms with E-state index < -0.39 is 0 Å². The van der Waals surface area contributed by atoms with E-state index in [0.717, 1.165) is 0 Å². The summed E-state index contributed by atoms with van der Waals surface area (Å²) in [5, 5.41) is 0. The fraction of sp³-hybridized carbons (Fsp3) is 0.250. The van der Waals surface area contributed by atoms with Crippen LogP contribution in [0.5, 0.6) is 0 Å². The van der Waals surface area contributed by atoms with Gasteiger partial charge in [0, 0.05) is 0 Å². The normalized spacial score (nSPS) is 12.5. The fourth-order valence-corrected chi connectivity index (χ4v) is 0.316. The Balaban J connectivity index is 3.69. The van der Waals surface area contributed by atoms with Gasteiger partial charge in [-0.05, 0) is 13.8 Å². The topological polar surface area (TPSA) is 0 Å². The number of rotatable bonds is 2. The minimum absolute atomic E-state index is 1.27. The fourth-order valence-electron chi connectivity index (χ4n) is 0.316. The highest BCUT2D eigenvalue weighted by molar-refractivity contribution is 5.18. The molecule has 0 atom stereocenters. The molecule has 0 heteroatoms. The third-order valence-electron chi connectivity index (χ3n) is 0.951. The Morgan fingerprint density at radius 3 is 2.50 bits per heavy atom. The molecule has 0 radical (unpaired) electrons. The van der Waals surface area contributed by atoms with Crippen molar-refractivity contribution in [3.05, 3.63) is 36.5 Å². The first-order valence-corrected chi connectivity index (χ1v) is 2.73. The summed E-state index contributed by atoms with van der Waals surface area (Å²) in [6.07, 6.45) is 7.77. The van der Waals surface area contributed by atoms with E-state index in [2.05, 4.69) is 19.6 Å². The van der Waals surface area contributed by atoms with Gasteiger partial charge < -0.3 is 0 Å². The zero-order chi connectivity index (χ0) is 6.41. The molecular weight excluding hydrogens is 96.1 g/mol. The van der Waals surface area contributed by atoms with Gasteiger partial charge in [-0.25, -0.2) is 0 Å². The highest BCUT2D eigenvalue weighted by atomic mass is 13.8. The minimum atomic E-state index is 1.27. The van der Waals surface area contributed by atoms with Crippen molar-refractivity contribution in [2.24, 2.45) is 0 Å². The molecule has 0 unspecified atom stereocenters. The largest absolute Gasteiger partial charge is 0.0991 e. The molecule has 0 bridgehead atoms. The first-order valence-electron chi connectivity index (χ1n) is 2.73. The maximum atomic E-state index is 3.55. The van der Waals surface area contributed by atoms with Crippen LogP contribution in [-0.4, -0.2) is 0 Å². The zero-order valence-corrected chi connectivity index (χ0v) is 5.52. The van der Waals surface area contributed by atoms with Gasteiger partial charge in [0.1, 0.15) is 0 Å². The van der Waals surface area contributed by atoms with Gasteiger partial charge in [-0.1, -0.05) is 36.5 Å². The molecule has 0 aromatic rings. The van der Waals surface area contributed by atoms with Crippen molar-refractivity contribution in [1.82, 2.24) is 0 Å². The zero-order valence-electron chi connectivity index (χ0n) is 5.52. The first-order chi connectivity index (χ1) is 3.81. The van der Waals surface area contributed by atoms with Crippen LogP contribution < -0.4 is 0 Å². The van der Waals surface area contributed by atoms with Gasteiger partial charge in [-0.15, -0.1) is 0 Å². The van der Waals surface area contributed by atoms with Gasteiger partial charge in [0.2, 0.25) is 0 Å². The molecule has 0 aromatic carbocycles. The molecule has 0 nitrogen and oxygen atoms in total. The molecule has 8 heavy (non-hydrogen) atoms. The van der Waals surface area contributed by atoms with Crippen LogP contribution in [0.25, 0.3) is 0 Å². The molecular formula is C8H12. The van der Waals surface area contributed by atoms with Gasteiger partial charge in [0.15, 0.2) is 0 Å². The van der Waals surface area contributed by atoms with Gasteiger partial charge >= 0.3 is 0 Å². The molecule has 0 aromatic heterocycles. The number of hydrogen-bond donors (Lipinski definition) is 0. The highest BCUT2D eigenvalue weighted by Crippen LogP contribution is 1.92. The predicted octanol–water partition coefficient (Wildman–Crippen LogP) is 2.69. The van der Waals surface area contributed by atoms with Gasteiger partial charge in [-0.2, -0.15) is 0 Å². The van der Waals surface area contributed by atoms with Crippen molar-refractivity contribution >= 4 is 0 Å². The van der Waals surface area contributed by atoms with Crippen LogP contribution in [0.1, 0.15) is 13.8 Å². The molecule has 0 rings (SSSR count). The van der Waals surface area contributed by atoms with Gasteiger partial charge in [0.05, 0.1) is 0 Å². The van der Waals surface area contributed by atoms with Crippen molar-refractivity contribution in [1.29, 1.82) is 0 Å². The van der Waals surface area contributed by atoms with Crippen LogP contribution in [-0.2, 0) is 0 Å². The molecule has 0 aliphatic rings. The monoisotopic (exact) mass is 108 g/mol. The average molecular weight is 108 g/mol. The van der Waals surface area contributed by atoms with Crippen LogP contribution in [0, 0.1) is 0 Å². The summed E-state index contributed by atoms with van der Waals surface area (Å²) in [6.45, 7) is 7.63. The van der Waals surface area contributed by atoms with E-state index in [1.807, 2.05) is 19.1 Å². The Morgan fingerprint density at radius 2 is 2.12 bits per heavy atom. The lowest BCUT2D eigenvalue weighted by molar-refractivity contribution is 1.48. The SMILES string of the molecule is C=C/C=C/C(C)=C\C. The van der Waals surface area contributed by atoms with Crippen molar-refractivity contribution in [3.63, 3.8) is 0 Å². The molecule has 0 aliphatic heterocycles. The Hall–Kier alpha value is -0.780. The average Bonchev–Trinajstić information content (AvgIpc) is 1.83. The number of hydrogen-bond acceptors (Lipinski definition) is 0. The number of allylic oxidation sites excluding steroid dienone is 5. The van der Waals surface area contributed by atoms with Crippen molar-refractivity contribution < 1.29 is 0 Å². The Bertz CT molecular complexity index is 116. The molecule has 0 heterocycles. The predicted molar refractivity (Wildman–Crippen MR) is 38.8 cm³/mol. The van der Waals surface area contributed by atoms with Crippen molar-refractivity contribution in [3.8, 4) is 0 Å². The first kappa shape index (κ1) is 7.22. The Morgan fingerprint density at radius 1 is 1.50 bits per heavy atom. The molecule has 0 N–H and O–H groups in total. The standard InChI is InChI=1S/C8H12/c1-4-6-7-8(3)5-2/h4-7H,1H2,2-3H3/b7-6+,8-5-. The molecule has 0 aliphatic carbocycles. The lowest BCUT2D eigenvalue weighted by Gasteiger charge is -1.82. The second kappa shape index (κ2) is 4.38. The summed E-state index contributed by atoms with van der Waals surface area (Å²) in [6, 6.07) is 0. The third kappa shape index (κ3) is 3.41. The van der Waals surface area contributed by atoms with E-state index in [1.54, 1.807) is 6.08 Å². The minimum Gasteiger partial charge on any atom is -0.0991 e. The molecule has 0 saturated heterocycles. The second-order valence-electron chi connectivity index (χ2n) is 1.63. The second-order valence-corrected chi connectivity index (χ2v) is 1.63. The quantitative estimate of drug-likeness (QED) is 0.477. The van der Waals surface area contributed by atoms with Crippen LogP contribution >= 0.6 is 0 Å². The maximum Gasteiger partial charge on any atom is -0.0401 e. The summed E-state index contributed by atoms with van der Waals surface area (Å²) < 4.78 is 0. The van der Waals surface area contributed by atoms with E-state index in [9.17, 15) is 0 Å². The molecule has 0 spiro atoms. The lowest BCUT2D eigenvalue weighted by Crippen LogP contribution is -1.60. The Labute approximate surface area is 51.2 Å².